The van der Waals surface area contributed by atoms with Gasteiger partial charge in [0, 0.05) is 12.4 Å². The number of thioether (sulfide) groups is 1. The molecule has 0 aliphatic rings. The molecule has 0 rings (SSSR count). The first-order valence-electron chi connectivity index (χ1n) is 6.79. The van der Waals surface area contributed by atoms with E-state index < -0.39 is 49.6 Å². The molecule has 0 saturated carbocycles. The number of aliphatic hydroxyl groups is 6. The van der Waals surface area contributed by atoms with E-state index in [2.05, 4.69) is 0 Å². The fourth-order valence-electron chi connectivity index (χ4n) is 1.38. The topological polar surface area (TPSA) is 174 Å². The summed E-state index contributed by atoms with van der Waals surface area (Å²) < 4.78 is 4.72. The second kappa shape index (κ2) is 12.0. The summed E-state index contributed by atoms with van der Waals surface area (Å²) in [6.45, 7) is -1.34. The Bertz CT molecular complexity index is 309. The first-order valence-corrected chi connectivity index (χ1v) is 7.94. The molecule has 5 atom stereocenters. The highest BCUT2D eigenvalue weighted by Gasteiger charge is 2.31. The SMILES string of the molecule is N[C@@H](CSCCCO)C(=O)OCC(O)C(O)C(O)C(O)CO. The smallest absolute Gasteiger partial charge is 0.323 e. The fourth-order valence-corrected chi connectivity index (χ4v) is 2.27. The molecule has 4 unspecified atom stereocenters. The van der Waals surface area contributed by atoms with Gasteiger partial charge in [-0.15, -0.1) is 0 Å². The molecular weight excluding hydrogens is 318 g/mol. The highest BCUT2D eigenvalue weighted by molar-refractivity contribution is 7.99. The van der Waals surface area contributed by atoms with Crippen molar-refractivity contribution in [1.29, 1.82) is 0 Å². The van der Waals surface area contributed by atoms with Crippen LogP contribution in [0.5, 0.6) is 0 Å². The van der Waals surface area contributed by atoms with Crippen LogP contribution in [0.25, 0.3) is 0 Å². The zero-order valence-corrected chi connectivity index (χ0v) is 12.9. The van der Waals surface area contributed by atoms with Crippen LogP contribution in [0.1, 0.15) is 6.42 Å². The third-order valence-electron chi connectivity index (χ3n) is 2.77. The molecule has 0 aromatic heterocycles. The number of aliphatic hydroxyl groups excluding tert-OH is 6. The lowest BCUT2D eigenvalue weighted by Gasteiger charge is -2.25. The van der Waals surface area contributed by atoms with Crippen LogP contribution < -0.4 is 5.73 Å². The first kappa shape index (κ1) is 21.5. The molecule has 0 saturated heterocycles. The lowest BCUT2D eigenvalue weighted by molar-refractivity contribution is -0.157. The number of ether oxygens (including phenoxy) is 1. The molecule has 0 heterocycles. The van der Waals surface area contributed by atoms with Gasteiger partial charge in [-0.3, -0.25) is 4.79 Å². The van der Waals surface area contributed by atoms with Crippen LogP contribution in [-0.4, -0.2) is 98.4 Å². The molecule has 132 valence electrons. The highest BCUT2D eigenvalue weighted by atomic mass is 32.2. The van der Waals surface area contributed by atoms with Gasteiger partial charge < -0.3 is 41.1 Å². The Morgan fingerprint density at radius 1 is 1.09 bits per heavy atom. The molecule has 8 N–H and O–H groups in total. The molecule has 0 fully saturated rings. The van der Waals surface area contributed by atoms with Crippen LogP contribution in [0.15, 0.2) is 0 Å². The summed E-state index contributed by atoms with van der Waals surface area (Å²) >= 11 is 1.37. The first-order chi connectivity index (χ1) is 10.3. The summed E-state index contributed by atoms with van der Waals surface area (Å²) in [6.07, 6.45) is -6.23. The van der Waals surface area contributed by atoms with Crippen LogP contribution in [0, 0.1) is 0 Å². The van der Waals surface area contributed by atoms with Crippen LogP contribution in [-0.2, 0) is 9.53 Å². The predicted molar refractivity (Wildman–Crippen MR) is 79.1 cm³/mol. The minimum Gasteiger partial charge on any atom is -0.462 e. The van der Waals surface area contributed by atoms with Crippen LogP contribution in [0.2, 0.25) is 0 Å². The van der Waals surface area contributed by atoms with Gasteiger partial charge in [0.2, 0.25) is 0 Å². The summed E-state index contributed by atoms with van der Waals surface area (Å²) in [4.78, 5) is 11.5. The molecule has 0 aromatic rings. The Morgan fingerprint density at radius 3 is 2.23 bits per heavy atom. The van der Waals surface area contributed by atoms with E-state index >= 15 is 0 Å². The van der Waals surface area contributed by atoms with Crippen molar-refractivity contribution in [3.8, 4) is 0 Å². The second-order valence-corrected chi connectivity index (χ2v) is 5.84. The van der Waals surface area contributed by atoms with E-state index in [0.717, 1.165) is 0 Å². The Balaban J connectivity index is 4.06. The van der Waals surface area contributed by atoms with E-state index in [9.17, 15) is 20.1 Å². The van der Waals surface area contributed by atoms with Crippen LogP contribution in [0.3, 0.4) is 0 Å². The van der Waals surface area contributed by atoms with Gasteiger partial charge in [0.25, 0.3) is 0 Å². The van der Waals surface area contributed by atoms with Crippen molar-refractivity contribution in [3.63, 3.8) is 0 Å². The summed E-state index contributed by atoms with van der Waals surface area (Å²) in [5, 5.41) is 54.8. The minimum atomic E-state index is -1.79. The normalized spacial score (nSPS) is 18.3. The summed E-state index contributed by atoms with van der Waals surface area (Å²) in [7, 11) is 0. The molecule has 0 aromatic carbocycles. The van der Waals surface area contributed by atoms with Gasteiger partial charge in [-0.25, -0.2) is 0 Å². The Kier molecular flexibility index (Phi) is 11.8. The molecule has 9 nitrogen and oxygen atoms in total. The van der Waals surface area contributed by atoms with Crippen molar-refractivity contribution in [2.45, 2.75) is 36.9 Å². The quantitative estimate of drug-likeness (QED) is 0.139. The van der Waals surface area contributed by atoms with Crippen molar-refractivity contribution in [2.24, 2.45) is 5.73 Å². The maximum atomic E-state index is 11.5. The van der Waals surface area contributed by atoms with Crippen molar-refractivity contribution in [2.75, 3.05) is 31.3 Å². The van der Waals surface area contributed by atoms with Gasteiger partial charge in [0.05, 0.1) is 6.61 Å². The highest BCUT2D eigenvalue weighted by Crippen LogP contribution is 2.07. The number of hydrogen-bond donors (Lipinski definition) is 7. The van der Waals surface area contributed by atoms with Gasteiger partial charge in [0.15, 0.2) is 0 Å². The summed E-state index contributed by atoms with van der Waals surface area (Å²) in [6, 6.07) is -0.916. The van der Waals surface area contributed by atoms with Crippen molar-refractivity contribution >= 4 is 17.7 Å². The van der Waals surface area contributed by atoms with E-state index in [1.807, 2.05) is 0 Å². The number of carbonyl (C=O) groups is 1. The van der Waals surface area contributed by atoms with E-state index in [4.69, 9.17) is 25.8 Å². The third-order valence-corrected chi connectivity index (χ3v) is 3.94. The molecule has 0 bridgehead atoms. The number of hydrogen-bond acceptors (Lipinski definition) is 10. The number of nitrogens with two attached hydrogens (primary N) is 1. The maximum absolute atomic E-state index is 11.5. The molecule has 0 radical (unpaired) electrons. The molecule has 0 spiro atoms. The van der Waals surface area contributed by atoms with Crippen LogP contribution in [0.4, 0.5) is 0 Å². The molecule has 10 heteroatoms. The van der Waals surface area contributed by atoms with Crippen molar-refractivity contribution in [3.05, 3.63) is 0 Å². The fraction of sp³-hybridized carbons (Fsp3) is 0.917. The average Bonchev–Trinajstić information content (AvgIpc) is 2.53. The molecule has 0 amide bonds. The van der Waals surface area contributed by atoms with E-state index in [1.54, 1.807) is 0 Å². The van der Waals surface area contributed by atoms with Crippen molar-refractivity contribution in [1.82, 2.24) is 0 Å². The lowest BCUT2D eigenvalue weighted by Crippen LogP contribution is -2.48. The van der Waals surface area contributed by atoms with Gasteiger partial charge in [0.1, 0.15) is 37.1 Å². The molecule has 0 aliphatic carbocycles. The summed E-state index contributed by atoms with van der Waals surface area (Å²) in [5.41, 5.74) is 5.57. The van der Waals surface area contributed by atoms with E-state index in [0.29, 0.717) is 12.2 Å². The van der Waals surface area contributed by atoms with Crippen molar-refractivity contribution < 1.29 is 40.2 Å². The largest absolute Gasteiger partial charge is 0.462 e. The van der Waals surface area contributed by atoms with E-state index in [-0.39, 0.29) is 12.4 Å². The standard InChI is InChI=1S/C12H25NO8S/c13-7(6-22-3-1-2-14)12(20)21-5-9(17)11(19)10(18)8(16)4-15/h7-11,14-19H,1-6,13H2/t7-,8?,9?,10?,11?/m0/s1. The monoisotopic (exact) mass is 343 g/mol. The number of carbonyl (C=O) groups excluding carboxylic acids is 1. The Hall–Kier alpha value is -0.460. The van der Waals surface area contributed by atoms with Gasteiger partial charge in [-0.05, 0) is 12.2 Å². The Labute approximate surface area is 132 Å². The number of esters is 1. The number of rotatable bonds is 12. The maximum Gasteiger partial charge on any atom is 0.323 e. The van der Waals surface area contributed by atoms with Gasteiger partial charge in [-0.2, -0.15) is 11.8 Å². The molecular formula is C12H25NO8S. The molecule has 22 heavy (non-hydrogen) atoms. The lowest BCUT2D eigenvalue weighted by atomic mass is 10.0. The predicted octanol–water partition coefficient (Wildman–Crippen LogP) is -3.59. The molecule has 0 aliphatic heterocycles. The van der Waals surface area contributed by atoms with Gasteiger partial charge >= 0.3 is 5.97 Å². The average molecular weight is 343 g/mol. The Morgan fingerprint density at radius 2 is 1.68 bits per heavy atom. The van der Waals surface area contributed by atoms with Gasteiger partial charge in [-0.1, -0.05) is 0 Å². The third kappa shape index (κ3) is 8.25. The summed E-state index contributed by atoms with van der Waals surface area (Å²) in [5.74, 6) is 0.146. The van der Waals surface area contributed by atoms with Crippen LogP contribution >= 0.6 is 11.8 Å². The minimum absolute atomic E-state index is 0.0543. The zero-order chi connectivity index (χ0) is 17.1. The second-order valence-electron chi connectivity index (χ2n) is 4.69. The van der Waals surface area contributed by atoms with E-state index in [1.165, 1.54) is 11.8 Å². The zero-order valence-electron chi connectivity index (χ0n) is 12.1.